The maximum atomic E-state index is 14.0. The molecule has 0 aliphatic carbocycles. The van der Waals surface area contributed by atoms with E-state index in [1.54, 1.807) is 6.07 Å². The quantitative estimate of drug-likeness (QED) is 0.438. The van der Waals surface area contributed by atoms with E-state index in [1.807, 2.05) is 30.3 Å². The van der Waals surface area contributed by atoms with Crippen LogP contribution in [0.5, 0.6) is 0 Å². The van der Waals surface area contributed by atoms with Crippen molar-refractivity contribution in [3.05, 3.63) is 69.8 Å². The third-order valence-corrected chi connectivity index (χ3v) is 7.06. The Balaban J connectivity index is 1.62. The number of hydrogen-bond acceptors (Lipinski definition) is 6. The van der Waals surface area contributed by atoms with Gasteiger partial charge in [-0.2, -0.15) is 0 Å². The zero-order valence-corrected chi connectivity index (χ0v) is 18.0. The van der Waals surface area contributed by atoms with Crippen LogP contribution in [0.25, 0.3) is 0 Å². The Bertz CT molecular complexity index is 1150. The molecule has 5 rings (SSSR count). The Morgan fingerprint density at radius 1 is 1.06 bits per heavy atom. The Kier molecular flexibility index (Phi) is 5.11. The maximum Gasteiger partial charge on any atom is 0.331 e. The molecule has 2 aromatic rings. The second-order valence-electron chi connectivity index (χ2n) is 8.91. The van der Waals surface area contributed by atoms with Crippen LogP contribution in [0.4, 0.5) is 16.2 Å². The Morgan fingerprint density at radius 2 is 1.85 bits per heavy atom. The monoisotopic (exact) mass is 448 g/mol. The highest BCUT2D eigenvalue weighted by Crippen LogP contribution is 2.48. The Hall–Kier alpha value is -3.75. The Morgan fingerprint density at radius 3 is 2.61 bits per heavy atom. The highest BCUT2D eigenvalue weighted by molar-refractivity contribution is 6.20. The lowest BCUT2D eigenvalue weighted by atomic mass is 9.67. The van der Waals surface area contributed by atoms with Gasteiger partial charge < -0.3 is 4.90 Å². The van der Waals surface area contributed by atoms with E-state index in [4.69, 9.17) is 0 Å². The van der Waals surface area contributed by atoms with Crippen molar-refractivity contribution in [3.63, 3.8) is 0 Å². The summed E-state index contributed by atoms with van der Waals surface area (Å²) in [5, 5.41) is 13.8. The van der Waals surface area contributed by atoms with Gasteiger partial charge in [-0.15, -0.1) is 0 Å². The first-order valence-corrected chi connectivity index (χ1v) is 11.2. The number of fused-ring (bicyclic) bond motifs is 4. The number of hydrogen-bond donors (Lipinski definition) is 1. The molecule has 0 unspecified atom stereocenters. The molecule has 0 bridgehead atoms. The van der Waals surface area contributed by atoms with Gasteiger partial charge in [-0.3, -0.25) is 29.9 Å². The van der Waals surface area contributed by atoms with Crippen molar-refractivity contribution in [2.75, 3.05) is 11.4 Å². The number of nitrogens with one attached hydrogen (secondary N) is 1. The van der Waals surface area contributed by atoms with E-state index in [0.717, 1.165) is 35.4 Å². The standard InChI is InChI=1S/C24H24N4O5/c29-21-24(22(30)27(23(31)25-21)15-16-7-3-1-4-8-16)14-17-13-18(28(32)33)10-11-19(17)26-12-6-2-5-9-20(24)26/h1,3-4,7-8,10-11,13,20H,2,5-6,9,12,14-15H2,(H,25,29,31)/t20-,24+/m0/s1. The van der Waals surface area contributed by atoms with Gasteiger partial charge in [-0.25, -0.2) is 4.79 Å². The van der Waals surface area contributed by atoms with Crippen LogP contribution in [0.2, 0.25) is 0 Å². The molecule has 0 aromatic heterocycles. The van der Waals surface area contributed by atoms with Crippen LogP contribution in [0.3, 0.4) is 0 Å². The summed E-state index contributed by atoms with van der Waals surface area (Å²) >= 11 is 0. The molecule has 9 heteroatoms. The summed E-state index contributed by atoms with van der Waals surface area (Å²) < 4.78 is 0. The predicted octanol–water partition coefficient (Wildman–Crippen LogP) is 3.16. The molecule has 0 saturated carbocycles. The molecule has 2 fully saturated rings. The second-order valence-corrected chi connectivity index (χ2v) is 8.91. The molecule has 3 heterocycles. The van der Waals surface area contributed by atoms with Gasteiger partial charge >= 0.3 is 6.03 Å². The summed E-state index contributed by atoms with van der Waals surface area (Å²) in [5.41, 5.74) is 0.577. The average molecular weight is 448 g/mol. The molecule has 0 radical (unpaired) electrons. The molecule has 2 atom stereocenters. The minimum absolute atomic E-state index is 0.0222. The number of nitro groups is 1. The van der Waals surface area contributed by atoms with E-state index in [9.17, 15) is 24.5 Å². The van der Waals surface area contributed by atoms with Gasteiger partial charge in [-0.05, 0) is 30.0 Å². The lowest BCUT2D eigenvalue weighted by Gasteiger charge is -2.51. The largest absolute Gasteiger partial charge is 0.367 e. The first-order chi connectivity index (χ1) is 15.9. The SMILES string of the molecule is O=C1NC(=O)[C@]2(Cc3cc([N+](=O)[O-])ccc3N3CCCCC[C@H]32)C(=O)N1Cc1ccccc1. The van der Waals surface area contributed by atoms with Crippen molar-refractivity contribution in [2.24, 2.45) is 5.41 Å². The van der Waals surface area contributed by atoms with Crippen molar-refractivity contribution in [1.82, 2.24) is 10.2 Å². The number of rotatable bonds is 3. The number of benzene rings is 2. The van der Waals surface area contributed by atoms with Gasteiger partial charge in [0.05, 0.1) is 17.5 Å². The van der Waals surface area contributed by atoms with Crippen LogP contribution in [-0.2, 0) is 22.6 Å². The average Bonchev–Trinajstić information content (AvgIpc) is 3.07. The van der Waals surface area contributed by atoms with E-state index in [1.165, 1.54) is 12.1 Å². The normalized spacial score (nSPS) is 24.7. The molecule has 3 aliphatic rings. The molecular formula is C24H24N4O5. The molecule has 2 aromatic carbocycles. The van der Waals surface area contributed by atoms with Crippen LogP contribution in [0.1, 0.15) is 36.8 Å². The lowest BCUT2D eigenvalue weighted by Crippen LogP contribution is -2.71. The number of carbonyl (C=O) groups is 3. The van der Waals surface area contributed by atoms with Crippen LogP contribution >= 0.6 is 0 Å². The third-order valence-electron chi connectivity index (χ3n) is 7.06. The van der Waals surface area contributed by atoms with E-state index in [0.29, 0.717) is 18.5 Å². The van der Waals surface area contributed by atoms with E-state index in [2.05, 4.69) is 10.2 Å². The number of barbiturate groups is 1. The number of nitrogens with zero attached hydrogens (tertiary/aromatic N) is 3. The predicted molar refractivity (Wildman–Crippen MR) is 119 cm³/mol. The topological polar surface area (TPSA) is 113 Å². The molecule has 9 nitrogen and oxygen atoms in total. The molecular weight excluding hydrogens is 424 g/mol. The minimum Gasteiger partial charge on any atom is -0.367 e. The summed E-state index contributed by atoms with van der Waals surface area (Å²) in [6.07, 6.45) is 3.37. The van der Waals surface area contributed by atoms with E-state index in [-0.39, 0.29) is 18.7 Å². The fourth-order valence-electron chi connectivity index (χ4n) is 5.50. The fraction of sp³-hybridized carbons (Fsp3) is 0.375. The summed E-state index contributed by atoms with van der Waals surface area (Å²) in [4.78, 5) is 54.3. The van der Waals surface area contributed by atoms with Gasteiger partial charge in [0, 0.05) is 30.8 Å². The highest BCUT2D eigenvalue weighted by atomic mass is 16.6. The van der Waals surface area contributed by atoms with Gasteiger partial charge in [0.2, 0.25) is 11.8 Å². The number of imide groups is 2. The van der Waals surface area contributed by atoms with Crippen molar-refractivity contribution in [2.45, 2.75) is 44.7 Å². The lowest BCUT2D eigenvalue weighted by molar-refractivity contribution is -0.384. The van der Waals surface area contributed by atoms with Gasteiger partial charge in [0.25, 0.3) is 5.69 Å². The third kappa shape index (κ3) is 3.35. The van der Waals surface area contributed by atoms with Crippen molar-refractivity contribution in [3.8, 4) is 0 Å². The molecule has 170 valence electrons. The van der Waals surface area contributed by atoms with E-state index >= 15 is 0 Å². The minimum atomic E-state index is -1.52. The molecule has 3 aliphatic heterocycles. The van der Waals surface area contributed by atoms with Gasteiger partial charge in [-0.1, -0.05) is 43.2 Å². The highest BCUT2D eigenvalue weighted by Gasteiger charge is 2.61. The van der Waals surface area contributed by atoms with Crippen LogP contribution in [0, 0.1) is 15.5 Å². The number of carbonyl (C=O) groups excluding carboxylic acids is 3. The number of nitro benzene ring substituents is 1. The summed E-state index contributed by atoms with van der Waals surface area (Å²) in [6, 6.07) is 12.6. The fourth-order valence-corrected chi connectivity index (χ4v) is 5.50. The molecule has 33 heavy (non-hydrogen) atoms. The number of urea groups is 1. The zero-order chi connectivity index (χ0) is 23.2. The number of amides is 4. The van der Waals surface area contributed by atoms with E-state index < -0.39 is 34.2 Å². The smallest absolute Gasteiger partial charge is 0.331 e. The molecule has 4 amide bonds. The first-order valence-electron chi connectivity index (χ1n) is 11.2. The van der Waals surface area contributed by atoms with Crippen molar-refractivity contribution >= 4 is 29.2 Å². The summed E-state index contributed by atoms with van der Waals surface area (Å²) in [6.45, 7) is 0.694. The van der Waals surface area contributed by atoms with Crippen molar-refractivity contribution in [1.29, 1.82) is 0 Å². The first kappa shape index (κ1) is 21.1. The summed E-state index contributed by atoms with van der Waals surface area (Å²) in [7, 11) is 0. The van der Waals surface area contributed by atoms with Gasteiger partial charge in [0.15, 0.2) is 5.41 Å². The second kappa shape index (κ2) is 7.99. The molecule has 1 spiro atoms. The van der Waals surface area contributed by atoms with Gasteiger partial charge in [0.1, 0.15) is 0 Å². The molecule has 1 N–H and O–H groups in total. The number of non-ortho nitro benzene ring substituents is 1. The number of anilines is 1. The maximum absolute atomic E-state index is 14.0. The Labute approximate surface area is 190 Å². The molecule has 2 saturated heterocycles. The van der Waals surface area contributed by atoms with Crippen LogP contribution in [0.15, 0.2) is 48.5 Å². The van der Waals surface area contributed by atoms with Crippen LogP contribution in [-0.4, -0.2) is 40.3 Å². The summed E-state index contributed by atoms with van der Waals surface area (Å²) in [5.74, 6) is -1.15. The van der Waals surface area contributed by atoms with Crippen molar-refractivity contribution < 1.29 is 19.3 Å². The zero-order valence-electron chi connectivity index (χ0n) is 18.0. The van der Waals surface area contributed by atoms with Crippen LogP contribution < -0.4 is 10.2 Å².